The lowest BCUT2D eigenvalue weighted by molar-refractivity contribution is 0.669. The van der Waals surface area contributed by atoms with Gasteiger partial charge in [-0.3, -0.25) is 4.98 Å². The lowest BCUT2D eigenvalue weighted by Crippen LogP contribution is -2.06. The van der Waals surface area contributed by atoms with Gasteiger partial charge < -0.3 is 18.0 Å². The van der Waals surface area contributed by atoms with Crippen molar-refractivity contribution in [2.45, 2.75) is 0 Å². The summed E-state index contributed by atoms with van der Waals surface area (Å²) >= 11 is 0. The van der Waals surface area contributed by atoms with Crippen LogP contribution in [-0.2, 0) is 0 Å². The molecule has 0 spiro atoms. The molecular formula is C48H26N4O2. The Morgan fingerprint density at radius 3 is 1.44 bits per heavy atom. The van der Waals surface area contributed by atoms with Gasteiger partial charge in [0, 0.05) is 43.4 Å². The van der Waals surface area contributed by atoms with Crippen molar-refractivity contribution >= 4 is 87.5 Å². The summed E-state index contributed by atoms with van der Waals surface area (Å²) in [7, 11) is 0. The molecule has 0 radical (unpaired) electrons. The van der Waals surface area contributed by atoms with Gasteiger partial charge in [0.15, 0.2) is 0 Å². The number of hydrogen-bond donors (Lipinski definition) is 0. The average molecular weight is 691 g/mol. The molecule has 5 aromatic heterocycles. The Labute approximate surface area is 306 Å². The number of fused-ring (bicyclic) bond motifs is 14. The minimum Gasteiger partial charge on any atom is -0.456 e. The molecule has 6 nitrogen and oxygen atoms in total. The van der Waals surface area contributed by atoms with Crippen LogP contribution in [0, 0.1) is 11.3 Å². The van der Waals surface area contributed by atoms with Gasteiger partial charge in [-0.2, -0.15) is 5.26 Å². The van der Waals surface area contributed by atoms with Crippen LogP contribution in [0.25, 0.3) is 110 Å². The second-order valence-corrected chi connectivity index (χ2v) is 13.8. The minimum atomic E-state index is 0.575. The van der Waals surface area contributed by atoms with E-state index in [4.69, 9.17) is 13.8 Å². The fourth-order valence-electron chi connectivity index (χ4n) is 8.88. The summed E-state index contributed by atoms with van der Waals surface area (Å²) in [6.45, 7) is 0. The van der Waals surface area contributed by atoms with Crippen LogP contribution < -0.4 is 0 Å². The zero-order valence-corrected chi connectivity index (χ0v) is 28.6. The molecule has 7 aromatic carbocycles. The molecule has 0 fully saturated rings. The second kappa shape index (κ2) is 10.7. The molecular weight excluding hydrogens is 665 g/mol. The number of aromatic nitrogens is 3. The second-order valence-electron chi connectivity index (χ2n) is 13.8. The molecule has 0 saturated carbocycles. The first-order valence-corrected chi connectivity index (χ1v) is 17.9. The average Bonchev–Trinajstić information content (AvgIpc) is 3.98. The number of nitriles is 1. The molecule has 12 aromatic rings. The maximum Gasteiger partial charge on any atom is 0.137 e. The van der Waals surface area contributed by atoms with Crippen molar-refractivity contribution < 1.29 is 8.83 Å². The van der Waals surface area contributed by atoms with E-state index in [1.807, 2.05) is 60.9 Å². The normalized spacial score (nSPS) is 12.1. The number of pyridine rings is 1. The summed E-state index contributed by atoms with van der Waals surface area (Å²) in [5.74, 6) is 0. The predicted octanol–water partition coefficient (Wildman–Crippen LogP) is 12.6. The maximum atomic E-state index is 10.7. The SMILES string of the molecule is N#Cc1ccccc1-c1c(-n2c3ccccc3c3ccc4oc5ccccc5c4c32)cncc1-n1c2ccccc2c2ccc3oc4ccccc4c3c21. The van der Waals surface area contributed by atoms with Crippen LogP contribution in [-0.4, -0.2) is 14.1 Å². The Bertz CT molecular complexity index is 3380. The van der Waals surface area contributed by atoms with E-state index in [-0.39, 0.29) is 0 Å². The number of para-hydroxylation sites is 4. The first-order valence-electron chi connectivity index (χ1n) is 17.9. The van der Waals surface area contributed by atoms with Crippen molar-refractivity contribution in [2.24, 2.45) is 0 Å². The number of hydrogen-bond acceptors (Lipinski definition) is 4. The summed E-state index contributed by atoms with van der Waals surface area (Å²) in [6.07, 6.45) is 3.88. The highest BCUT2D eigenvalue weighted by Gasteiger charge is 2.26. The number of furan rings is 2. The summed E-state index contributed by atoms with van der Waals surface area (Å²) in [4.78, 5) is 5.05. The third-order valence-electron chi connectivity index (χ3n) is 11.1. The monoisotopic (exact) mass is 690 g/mol. The highest BCUT2D eigenvalue weighted by molar-refractivity contribution is 6.26. The molecule has 54 heavy (non-hydrogen) atoms. The van der Waals surface area contributed by atoms with Crippen LogP contribution in [0.4, 0.5) is 0 Å². The first-order chi connectivity index (χ1) is 26.8. The van der Waals surface area contributed by atoms with E-state index in [1.54, 1.807) is 0 Å². The minimum absolute atomic E-state index is 0.575. The maximum absolute atomic E-state index is 10.7. The third kappa shape index (κ3) is 3.74. The summed E-state index contributed by atoms with van der Waals surface area (Å²) < 4.78 is 17.6. The van der Waals surface area contributed by atoms with Crippen molar-refractivity contribution in [3.63, 3.8) is 0 Å². The van der Waals surface area contributed by atoms with E-state index in [0.717, 1.165) is 110 Å². The van der Waals surface area contributed by atoms with Gasteiger partial charge in [-0.05, 0) is 54.6 Å². The molecule has 0 unspecified atom stereocenters. The molecule has 0 atom stereocenters. The third-order valence-corrected chi connectivity index (χ3v) is 11.1. The Kier molecular flexibility index (Phi) is 5.75. The van der Waals surface area contributed by atoms with E-state index >= 15 is 0 Å². The van der Waals surface area contributed by atoms with E-state index < -0.39 is 0 Å². The molecule has 12 rings (SSSR count). The van der Waals surface area contributed by atoms with E-state index in [2.05, 4.69) is 112 Å². The van der Waals surface area contributed by atoms with Crippen molar-refractivity contribution in [1.29, 1.82) is 5.26 Å². The zero-order valence-electron chi connectivity index (χ0n) is 28.6. The fraction of sp³-hybridized carbons (Fsp3) is 0. The fourth-order valence-corrected chi connectivity index (χ4v) is 8.88. The highest BCUT2D eigenvalue weighted by Crippen LogP contribution is 2.47. The standard InChI is InChI=1S/C48H26N4O2/c49-25-28-11-1-2-12-29(28)44-38(51-36-17-7-3-13-30(36)32-21-23-42-45(47(32)51)34-15-5-9-19-40(34)53-42)26-50-27-39(44)52-37-18-8-4-14-31(37)33-22-24-43-46(48(33)52)35-16-6-10-20-41(35)54-43/h1-24,26-27H. The van der Waals surface area contributed by atoms with Gasteiger partial charge in [-0.15, -0.1) is 0 Å². The highest BCUT2D eigenvalue weighted by atomic mass is 16.3. The lowest BCUT2D eigenvalue weighted by atomic mass is 9.97. The summed E-state index contributed by atoms with van der Waals surface area (Å²) in [5, 5.41) is 19.3. The summed E-state index contributed by atoms with van der Waals surface area (Å²) in [6, 6.07) is 52.3. The van der Waals surface area contributed by atoms with Gasteiger partial charge in [0.2, 0.25) is 0 Å². The predicted molar refractivity (Wildman–Crippen MR) is 218 cm³/mol. The molecule has 0 aliphatic rings. The molecule has 5 heterocycles. The number of benzene rings is 7. The van der Waals surface area contributed by atoms with Crippen molar-refractivity contribution in [2.75, 3.05) is 0 Å². The molecule has 0 aliphatic heterocycles. The molecule has 0 N–H and O–H groups in total. The molecule has 6 heteroatoms. The number of rotatable bonds is 3. The first kappa shape index (κ1) is 29.0. The van der Waals surface area contributed by atoms with Crippen LogP contribution in [0.1, 0.15) is 5.56 Å². The van der Waals surface area contributed by atoms with Crippen LogP contribution in [0.3, 0.4) is 0 Å². The van der Waals surface area contributed by atoms with Gasteiger partial charge in [0.1, 0.15) is 22.3 Å². The van der Waals surface area contributed by atoms with Gasteiger partial charge in [-0.25, -0.2) is 0 Å². The van der Waals surface area contributed by atoms with Crippen LogP contribution in [0.2, 0.25) is 0 Å². The van der Waals surface area contributed by atoms with E-state index in [0.29, 0.717) is 5.56 Å². The van der Waals surface area contributed by atoms with Crippen LogP contribution in [0.5, 0.6) is 0 Å². The van der Waals surface area contributed by atoms with Crippen molar-refractivity contribution in [3.05, 3.63) is 164 Å². The van der Waals surface area contributed by atoms with Gasteiger partial charge in [-0.1, -0.05) is 91.0 Å². The van der Waals surface area contributed by atoms with E-state index in [9.17, 15) is 5.26 Å². The Hall–Kier alpha value is -7.62. The Balaban J connectivity index is 1.32. The van der Waals surface area contributed by atoms with Crippen molar-refractivity contribution in [3.8, 4) is 28.6 Å². The largest absolute Gasteiger partial charge is 0.456 e. The topological polar surface area (TPSA) is 72.8 Å². The molecule has 0 bridgehead atoms. The summed E-state index contributed by atoms with van der Waals surface area (Å²) in [5.41, 5.74) is 11.4. The lowest BCUT2D eigenvalue weighted by Gasteiger charge is -2.20. The van der Waals surface area contributed by atoms with Crippen LogP contribution >= 0.6 is 0 Å². The van der Waals surface area contributed by atoms with Gasteiger partial charge in [0.25, 0.3) is 0 Å². The molecule has 0 aliphatic carbocycles. The molecule has 0 amide bonds. The molecule has 250 valence electrons. The van der Waals surface area contributed by atoms with Crippen molar-refractivity contribution in [1.82, 2.24) is 14.1 Å². The van der Waals surface area contributed by atoms with Gasteiger partial charge in [0.05, 0.1) is 68.2 Å². The Morgan fingerprint density at radius 2 is 0.907 bits per heavy atom. The smallest absolute Gasteiger partial charge is 0.137 e. The Morgan fingerprint density at radius 1 is 0.444 bits per heavy atom. The van der Waals surface area contributed by atoms with E-state index in [1.165, 1.54) is 0 Å². The zero-order chi connectivity index (χ0) is 35.5. The molecule has 0 saturated heterocycles. The number of nitrogens with zero attached hydrogens (tertiary/aromatic N) is 4. The quantitative estimate of drug-likeness (QED) is 0.185. The van der Waals surface area contributed by atoms with Gasteiger partial charge >= 0.3 is 0 Å². The van der Waals surface area contributed by atoms with Crippen LogP contribution in [0.15, 0.2) is 167 Å².